The Bertz CT molecular complexity index is 1640. The van der Waals surface area contributed by atoms with Crippen molar-refractivity contribution in [3.63, 3.8) is 0 Å². The number of fused-ring (bicyclic) bond motifs is 4. The fraction of sp³-hybridized carbons (Fsp3) is 0.125. The maximum absolute atomic E-state index is 2.43. The van der Waals surface area contributed by atoms with E-state index in [2.05, 4.69) is 124 Å². The van der Waals surface area contributed by atoms with Crippen LogP contribution in [-0.2, 0) is 5.41 Å². The van der Waals surface area contributed by atoms with Gasteiger partial charge in [0.2, 0.25) is 0 Å². The smallest absolute Gasteiger partial charge is 0.0364 e. The van der Waals surface area contributed by atoms with E-state index in [0.29, 0.717) is 0 Å². The Hall–Kier alpha value is -3.42. The molecular weight excluding hydrogens is 416 g/mol. The molecule has 6 rings (SSSR count). The van der Waals surface area contributed by atoms with Crippen molar-refractivity contribution in [1.82, 2.24) is 0 Å². The summed E-state index contributed by atoms with van der Waals surface area (Å²) >= 11 is 1.90. The van der Waals surface area contributed by atoms with Crippen molar-refractivity contribution in [2.75, 3.05) is 0 Å². The molecule has 0 aliphatic rings. The molecule has 0 aliphatic carbocycles. The van der Waals surface area contributed by atoms with Crippen molar-refractivity contribution in [1.29, 1.82) is 0 Å². The Balaban J connectivity index is 1.69. The summed E-state index contributed by atoms with van der Waals surface area (Å²) in [4.78, 5) is 0. The van der Waals surface area contributed by atoms with Crippen molar-refractivity contribution in [2.45, 2.75) is 26.2 Å². The molecule has 1 heterocycles. The Morgan fingerprint density at radius 1 is 0.545 bits per heavy atom. The molecule has 0 N–H and O–H groups in total. The first-order valence-corrected chi connectivity index (χ1v) is 12.3. The second kappa shape index (κ2) is 7.57. The molecule has 0 nitrogen and oxygen atoms in total. The summed E-state index contributed by atoms with van der Waals surface area (Å²) in [5, 5.41) is 5.28. The SMILES string of the molecule is CC(C)(C)c1cc(-c2ccccc2-c2ccc3ccccc3c2)c2c(c1)sc1ccccc12. The Morgan fingerprint density at radius 3 is 2.06 bits per heavy atom. The summed E-state index contributed by atoms with van der Waals surface area (Å²) in [7, 11) is 0. The van der Waals surface area contributed by atoms with Gasteiger partial charge in [0.1, 0.15) is 0 Å². The summed E-state index contributed by atoms with van der Waals surface area (Å²) in [6.07, 6.45) is 0. The maximum atomic E-state index is 2.43. The molecule has 0 spiro atoms. The van der Waals surface area contributed by atoms with Gasteiger partial charge >= 0.3 is 0 Å². The third-order valence-corrected chi connectivity index (χ3v) is 7.74. The van der Waals surface area contributed by atoms with Crippen LogP contribution >= 0.6 is 11.3 Å². The van der Waals surface area contributed by atoms with Crippen molar-refractivity contribution < 1.29 is 0 Å². The molecule has 33 heavy (non-hydrogen) atoms. The molecule has 0 amide bonds. The van der Waals surface area contributed by atoms with Gasteiger partial charge in [-0.2, -0.15) is 0 Å². The van der Waals surface area contributed by atoms with Crippen LogP contribution < -0.4 is 0 Å². The summed E-state index contributed by atoms with van der Waals surface area (Å²) in [5.41, 5.74) is 6.64. The van der Waals surface area contributed by atoms with E-state index in [0.717, 1.165) is 0 Å². The van der Waals surface area contributed by atoms with E-state index in [4.69, 9.17) is 0 Å². The number of hydrogen-bond donors (Lipinski definition) is 0. The molecule has 6 aromatic rings. The predicted octanol–water partition coefficient (Wildman–Crippen LogP) is 9.84. The fourth-order valence-corrected chi connectivity index (χ4v) is 6.00. The minimum Gasteiger partial charge on any atom is -0.135 e. The first-order chi connectivity index (χ1) is 16.0. The summed E-state index contributed by atoms with van der Waals surface area (Å²) < 4.78 is 2.72. The third kappa shape index (κ3) is 3.44. The van der Waals surface area contributed by atoms with Crippen LogP contribution in [0.4, 0.5) is 0 Å². The van der Waals surface area contributed by atoms with Crippen molar-refractivity contribution in [3.05, 3.63) is 109 Å². The van der Waals surface area contributed by atoms with Gasteiger partial charge in [-0.3, -0.25) is 0 Å². The quantitative estimate of drug-likeness (QED) is 0.250. The molecule has 160 valence electrons. The molecular formula is C32H26S. The highest BCUT2D eigenvalue weighted by Crippen LogP contribution is 2.45. The molecule has 0 saturated carbocycles. The van der Waals surface area contributed by atoms with Crippen LogP contribution in [-0.4, -0.2) is 0 Å². The van der Waals surface area contributed by atoms with Crippen LogP contribution in [0.25, 0.3) is 53.2 Å². The van der Waals surface area contributed by atoms with E-state index in [1.54, 1.807) is 0 Å². The van der Waals surface area contributed by atoms with Crippen LogP contribution in [0, 0.1) is 0 Å². The van der Waals surface area contributed by atoms with Gasteiger partial charge in [0.25, 0.3) is 0 Å². The summed E-state index contributed by atoms with van der Waals surface area (Å²) in [5.74, 6) is 0. The molecule has 1 heteroatoms. The lowest BCUT2D eigenvalue weighted by Gasteiger charge is -2.21. The monoisotopic (exact) mass is 442 g/mol. The summed E-state index contributed by atoms with van der Waals surface area (Å²) in [6, 6.07) is 38.0. The average Bonchev–Trinajstić information content (AvgIpc) is 3.21. The molecule has 0 unspecified atom stereocenters. The molecule has 1 aromatic heterocycles. The normalized spacial score (nSPS) is 12.1. The zero-order valence-corrected chi connectivity index (χ0v) is 20.0. The lowest BCUT2D eigenvalue weighted by molar-refractivity contribution is 0.591. The molecule has 0 bridgehead atoms. The van der Waals surface area contributed by atoms with Crippen molar-refractivity contribution in [2.24, 2.45) is 0 Å². The van der Waals surface area contributed by atoms with Gasteiger partial charge in [0.05, 0.1) is 0 Å². The van der Waals surface area contributed by atoms with Crippen LogP contribution in [0.15, 0.2) is 103 Å². The van der Waals surface area contributed by atoms with Gasteiger partial charge in [-0.05, 0) is 68.3 Å². The van der Waals surface area contributed by atoms with Crippen LogP contribution in [0.2, 0.25) is 0 Å². The van der Waals surface area contributed by atoms with Gasteiger partial charge in [-0.25, -0.2) is 0 Å². The minimum absolute atomic E-state index is 0.0804. The maximum Gasteiger partial charge on any atom is 0.0364 e. The highest BCUT2D eigenvalue weighted by atomic mass is 32.1. The topological polar surface area (TPSA) is 0 Å². The third-order valence-electron chi connectivity index (χ3n) is 6.62. The number of benzene rings is 5. The lowest BCUT2D eigenvalue weighted by Crippen LogP contribution is -2.11. The van der Waals surface area contributed by atoms with Gasteiger partial charge in [-0.15, -0.1) is 11.3 Å². The van der Waals surface area contributed by atoms with Gasteiger partial charge < -0.3 is 0 Å². The van der Waals surface area contributed by atoms with Gasteiger partial charge in [0.15, 0.2) is 0 Å². The van der Waals surface area contributed by atoms with Crippen LogP contribution in [0.1, 0.15) is 26.3 Å². The Morgan fingerprint density at radius 2 is 1.24 bits per heavy atom. The van der Waals surface area contributed by atoms with Gasteiger partial charge in [0, 0.05) is 20.2 Å². The molecule has 0 aliphatic heterocycles. The van der Waals surface area contributed by atoms with Crippen molar-refractivity contribution >= 4 is 42.3 Å². The number of thiophene rings is 1. The van der Waals surface area contributed by atoms with E-state index in [1.807, 2.05) is 11.3 Å². The van der Waals surface area contributed by atoms with E-state index >= 15 is 0 Å². The Kier molecular flexibility index (Phi) is 4.64. The molecule has 5 aromatic carbocycles. The highest BCUT2D eigenvalue weighted by molar-refractivity contribution is 7.26. The summed E-state index contributed by atoms with van der Waals surface area (Å²) in [6.45, 7) is 6.92. The largest absolute Gasteiger partial charge is 0.135 e. The molecule has 0 radical (unpaired) electrons. The standard InChI is InChI=1S/C32H26S/c1-32(2,3)24-19-28(31-27-14-8-9-15-29(27)33-30(31)20-24)26-13-7-6-12-25(26)23-17-16-21-10-4-5-11-22(21)18-23/h4-20H,1-3H3. The van der Waals surface area contributed by atoms with Crippen LogP contribution in [0.5, 0.6) is 0 Å². The average molecular weight is 443 g/mol. The molecule has 0 saturated heterocycles. The van der Waals surface area contributed by atoms with E-state index < -0.39 is 0 Å². The zero-order valence-electron chi connectivity index (χ0n) is 19.2. The van der Waals surface area contributed by atoms with Crippen molar-refractivity contribution in [3.8, 4) is 22.3 Å². The van der Waals surface area contributed by atoms with Gasteiger partial charge in [-0.1, -0.05) is 99.6 Å². The zero-order chi connectivity index (χ0) is 22.6. The fourth-order valence-electron chi connectivity index (χ4n) is 4.83. The molecule has 0 fully saturated rings. The Labute approximate surface area is 199 Å². The van der Waals surface area contributed by atoms with E-state index in [1.165, 1.54) is 58.8 Å². The number of hydrogen-bond acceptors (Lipinski definition) is 1. The predicted molar refractivity (Wildman–Crippen MR) is 146 cm³/mol. The lowest BCUT2D eigenvalue weighted by atomic mass is 9.83. The second-order valence-electron chi connectivity index (χ2n) is 9.85. The number of rotatable bonds is 2. The highest BCUT2D eigenvalue weighted by Gasteiger charge is 2.20. The minimum atomic E-state index is 0.0804. The van der Waals surface area contributed by atoms with E-state index in [-0.39, 0.29) is 5.41 Å². The first kappa shape index (κ1) is 20.2. The van der Waals surface area contributed by atoms with Crippen LogP contribution in [0.3, 0.4) is 0 Å². The first-order valence-electron chi connectivity index (χ1n) is 11.5. The molecule has 0 atom stereocenters. The van der Waals surface area contributed by atoms with E-state index in [9.17, 15) is 0 Å². The second-order valence-corrected chi connectivity index (χ2v) is 10.9.